The summed E-state index contributed by atoms with van der Waals surface area (Å²) in [5.41, 5.74) is 0.797. The zero-order chi connectivity index (χ0) is 13.7. The Bertz CT molecular complexity index is 422. The van der Waals surface area contributed by atoms with Crippen molar-refractivity contribution in [3.63, 3.8) is 0 Å². The number of benzene rings is 1. The minimum Gasteiger partial charge on any atom is -0.393 e. The van der Waals surface area contributed by atoms with Crippen molar-refractivity contribution in [2.24, 2.45) is 5.92 Å². The Morgan fingerprint density at radius 3 is 2.68 bits per heavy atom. The van der Waals surface area contributed by atoms with E-state index >= 15 is 0 Å². The van der Waals surface area contributed by atoms with E-state index in [-0.39, 0.29) is 12.0 Å². The Hall–Kier alpha value is -0.910. The van der Waals surface area contributed by atoms with E-state index in [2.05, 4.69) is 26.6 Å². The molecule has 1 amide bonds. The number of aliphatic hydroxyl groups excluding tert-OH is 1. The number of amides is 1. The minimum absolute atomic E-state index is 0.0409. The van der Waals surface area contributed by atoms with Gasteiger partial charge in [-0.15, -0.1) is 0 Å². The molecule has 0 aromatic heterocycles. The molecule has 1 saturated carbocycles. The van der Waals surface area contributed by atoms with Crippen molar-refractivity contribution in [2.75, 3.05) is 18.4 Å². The van der Waals surface area contributed by atoms with Crippen molar-refractivity contribution < 1.29 is 9.90 Å². The molecule has 1 aromatic rings. The minimum atomic E-state index is -0.150. The van der Waals surface area contributed by atoms with E-state index in [0.717, 1.165) is 36.0 Å². The van der Waals surface area contributed by atoms with Crippen LogP contribution in [0.1, 0.15) is 19.3 Å². The standard InChI is InChI=1S/C14H19BrN2O2/c15-11-2-4-12(5-3-11)17-14(19)9-16-8-10-1-6-13(18)7-10/h2-5,10,13,16,18H,1,6-9H2,(H,17,19). The smallest absolute Gasteiger partial charge is 0.238 e. The monoisotopic (exact) mass is 326 g/mol. The lowest BCUT2D eigenvalue weighted by Crippen LogP contribution is -2.31. The van der Waals surface area contributed by atoms with Gasteiger partial charge in [-0.3, -0.25) is 4.79 Å². The van der Waals surface area contributed by atoms with E-state index in [4.69, 9.17) is 0 Å². The molecule has 1 fully saturated rings. The second kappa shape index (κ2) is 7.03. The number of carbonyl (C=O) groups excluding carboxylic acids is 1. The second-order valence-corrected chi connectivity index (χ2v) is 5.93. The van der Waals surface area contributed by atoms with E-state index < -0.39 is 0 Å². The highest BCUT2D eigenvalue weighted by Gasteiger charge is 2.22. The highest BCUT2D eigenvalue weighted by molar-refractivity contribution is 9.10. The van der Waals surface area contributed by atoms with E-state index in [9.17, 15) is 9.90 Å². The number of hydrogen-bond acceptors (Lipinski definition) is 3. The maximum atomic E-state index is 11.7. The number of aliphatic hydroxyl groups is 1. The molecule has 0 heterocycles. The van der Waals surface area contributed by atoms with Gasteiger partial charge >= 0.3 is 0 Å². The van der Waals surface area contributed by atoms with E-state index in [1.54, 1.807) is 0 Å². The van der Waals surface area contributed by atoms with Gasteiger partial charge in [0.25, 0.3) is 0 Å². The maximum Gasteiger partial charge on any atom is 0.238 e. The first kappa shape index (κ1) is 14.5. The topological polar surface area (TPSA) is 61.4 Å². The summed E-state index contributed by atoms with van der Waals surface area (Å²) >= 11 is 3.35. The van der Waals surface area contributed by atoms with Crippen molar-refractivity contribution in [1.29, 1.82) is 0 Å². The quantitative estimate of drug-likeness (QED) is 0.776. The first-order valence-corrected chi connectivity index (χ1v) is 7.37. The van der Waals surface area contributed by atoms with Gasteiger partial charge in [0, 0.05) is 10.2 Å². The van der Waals surface area contributed by atoms with Crippen LogP contribution in [0.3, 0.4) is 0 Å². The number of carbonyl (C=O) groups is 1. The fraction of sp³-hybridized carbons (Fsp3) is 0.500. The maximum absolute atomic E-state index is 11.7. The van der Waals surface area contributed by atoms with Gasteiger partial charge in [-0.2, -0.15) is 0 Å². The molecule has 1 aliphatic rings. The summed E-state index contributed by atoms with van der Waals surface area (Å²) in [5.74, 6) is 0.455. The van der Waals surface area contributed by atoms with E-state index in [1.165, 1.54) is 0 Å². The highest BCUT2D eigenvalue weighted by Crippen LogP contribution is 2.24. The second-order valence-electron chi connectivity index (χ2n) is 5.02. The van der Waals surface area contributed by atoms with Gasteiger partial charge in [0.15, 0.2) is 0 Å². The number of rotatable bonds is 5. The molecule has 3 N–H and O–H groups in total. The Labute approximate surface area is 121 Å². The molecule has 2 rings (SSSR count). The van der Waals surface area contributed by atoms with Crippen molar-refractivity contribution in [1.82, 2.24) is 5.32 Å². The summed E-state index contributed by atoms with van der Waals surface area (Å²) in [4.78, 5) is 11.7. The molecule has 104 valence electrons. The van der Waals surface area contributed by atoms with Crippen molar-refractivity contribution in [3.8, 4) is 0 Å². The normalized spacial score (nSPS) is 22.4. The number of hydrogen-bond donors (Lipinski definition) is 3. The summed E-state index contributed by atoms with van der Waals surface area (Å²) in [6, 6.07) is 7.50. The summed E-state index contributed by atoms with van der Waals surface area (Å²) in [6.07, 6.45) is 2.63. The third kappa shape index (κ3) is 4.93. The van der Waals surface area contributed by atoms with Gasteiger partial charge in [0.05, 0.1) is 12.6 Å². The predicted molar refractivity (Wildman–Crippen MR) is 79.0 cm³/mol. The Morgan fingerprint density at radius 1 is 1.32 bits per heavy atom. The third-order valence-electron chi connectivity index (χ3n) is 3.36. The molecular weight excluding hydrogens is 308 g/mol. The molecule has 1 aliphatic carbocycles. The van der Waals surface area contributed by atoms with Crippen LogP contribution in [-0.4, -0.2) is 30.2 Å². The van der Waals surface area contributed by atoms with Crippen LogP contribution in [0.4, 0.5) is 5.69 Å². The largest absolute Gasteiger partial charge is 0.393 e. The molecule has 0 bridgehead atoms. The van der Waals surface area contributed by atoms with Crippen LogP contribution in [0.25, 0.3) is 0 Å². The first-order chi connectivity index (χ1) is 9.13. The van der Waals surface area contributed by atoms with Gasteiger partial charge in [-0.25, -0.2) is 0 Å². The van der Waals surface area contributed by atoms with Crippen LogP contribution >= 0.6 is 15.9 Å². The number of anilines is 1. The molecule has 1 aromatic carbocycles. The number of halogens is 1. The molecule has 5 heteroatoms. The van der Waals surface area contributed by atoms with Crippen molar-refractivity contribution in [2.45, 2.75) is 25.4 Å². The fourth-order valence-electron chi connectivity index (χ4n) is 2.36. The zero-order valence-electron chi connectivity index (χ0n) is 10.7. The SMILES string of the molecule is O=C(CNCC1CCC(O)C1)Nc1ccc(Br)cc1. The van der Waals surface area contributed by atoms with Crippen molar-refractivity contribution in [3.05, 3.63) is 28.7 Å². The molecule has 0 spiro atoms. The molecular formula is C14H19BrN2O2. The molecule has 0 radical (unpaired) electrons. The predicted octanol–water partition coefficient (Wildman–Crippen LogP) is 2.14. The molecule has 0 aliphatic heterocycles. The Kier molecular flexibility index (Phi) is 5.36. The molecule has 4 nitrogen and oxygen atoms in total. The highest BCUT2D eigenvalue weighted by atomic mass is 79.9. The molecule has 2 atom stereocenters. The lowest BCUT2D eigenvalue weighted by molar-refractivity contribution is -0.115. The summed E-state index contributed by atoms with van der Waals surface area (Å²) in [7, 11) is 0. The van der Waals surface area contributed by atoms with Crippen LogP contribution in [0, 0.1) is 5.92 Å². The van der Waals surface area contributed by atoms with Crippen LogP contribution in [0.2, 0.25) is 0 Å². The lowest BCUT2D eigenvalue weighted by Gasteiger charge is -2.11. The lowest BCUT2D eigenvalue weighted by atomic mass is 10.1. The average molecular weight is 327 g/mol. The van der Waals surface area contributed by atoms with Crippen LogP contribution < -0.4 is 10.6 Å². The Balaban J connectivity index is 1.66. The molecule has 2 unspecified atom stereocenters. The van der Waals surface area contributed by atoms with Gasteiger partial charge in [0.2, 0.25) is 5.91 Å². The summed E-state index contributed by atoms with van der Waals surface area (Å²) in [5, 5.41) is 15.4. The molecule has 0 saturated heterocycles. The zero-order valence-corrected chi connectivity index (χ0v) is 12.3. The van der Waals surface area contributed by atoms with Gasteiger partial charge in [-0.1, -0.05) is 15.9 Å². The fourth-order valence-corrected chi connectivity index (χ4v) is 2.63. The van der Waals surface area contributed by atoms with Crippen LogP contribution in [0.5, 0.6) is 0 Å². The van der Waals surface area contributed by atoms with Crippen molar-refractivity contribution >= 4 is 27.5 Å². The van der Waals surface area contributed by atoms with Crippen LogP contribution in [0.15, 0.2) is 28.7 Å². The van der Waals surface area contributed by atoms with Gasteiger partial charge in [-0.05, 0) is 56.0 Å². The Morgan fingerprint density at radius 2 is 2.05 bits per heavy atom. The summed E-state index contributed by atoms with van der Waals surface area (Å²) < 4.78 is 0.989. The van der Waals surface area contributed by atoms with E-state index in [0.29, 0.717) is 12.5 Å². The van der Waals surface area contributed by atoms with Crippen LogP contribution in [-0.2, 0) is 4.79 Å². The van der Waals surface area contributed by atoms with Gasteiger partial charge in [0.1, 0.15) is 0 Å². The third-order valence-corrected chi connectivity index (χ3v) is 3.89. The van der Waals surface area contributed by atoms with E-state index in [1.807, 2.05) is 24.3 Å². The average Bonchev–Trinajstić information content (AvgIpc) is 2.78. The number of nitrogens with one attached hydrogen (secondary N) is 2. The molecule has 19 heavy (non-hydrogen) atoms. The first-order valence-electron chi connectivity index (χ1n) is 6.57. The van der Waals surface area contributed by atoms with Gasteiger partial charge < -0.3 is 15.7 Å². The summed E-state index contributed by atoms with van der Waals surface area (Å²) in [6.45, 7) is 1.10.